The highest BCUT2D eigenvalue weighted by atomic mass is 19.3. The number of carbonyl (C=O) groups is 1. The summed E-state index contributed by atoms with van der Waals surface area (Å²) in [5, 5.41) is 2.41. The van der Waals surface area contributed by atoms with Gasteiger partial charge in [-0.2, -0.15) is 8.78 Å². The summed E-state index contributed by atoms with van der Waals surface area (Å²) in [7, 11) is 0. The number of halogens is 3. The summed E-state index contributed by atoms with van der Waals surface area (Å²) in [6.07, 6.45) is 2.25. The molecule has 4 nitrogen and oxygen atoms in total. The summed E-state index contributed by atoms with van der Waals surface area (Å²) >= 11 is 0. The fourth-order valence-corrected chi connectivity index (χ4v) is 1.57. The van der Waals surface area contributed by atoms with E-state index in [-0.39, 0.29) is 12.3 Å². The highest BCUT2D eigenvalue weighted by Gasteiger charge is 2.21. The van der Waals surface area contributed by atoms with Gasteiger partial charge in [-0.25, -0.2) is 4.39 Å². The third kappa shape index (κ3) is 4.73. The van der Waals surface area contributed by atoms with E-state index in [1.807, 2.05) is 0 Å². The van der Waals surface area contributed by atoms with E-state index in [9.17, 15) is 18.0 Å². The molecule has 0 bridgehead atoms. The molecule has 110 valence electrons. The molecule has 1 aromatic carbocycles. The van der Waals surface area contributed by atoms with Crippen LogP contribution in [0.15, 0.2) is 18.2 Å². The zero-order chi connectivity index (χ0) is 14.5. The molecule has 1 aliphatic carbocycles. The largest absolute Gasteiger partial charge is 0.432 e. The zero-order valence-corrected chi connectivity index (χ0v) is 10.6. The average molecular weight is 289 g/mol. The maximum Gasteiger partial charge on any atom is 0.387 e. The third-order valence-corrected chi connectivity index (χ3v) is 2.72. The van der Waals surface area contributed by atoms with Crippen LogP contribution in [0.3, 0.4) is 0 Å². The van der Waals surface area contributed by atoms with E-state index in [0.29, 0.717) is 12.5 Å². The van der Waals surface area contributed by atoms with Crippen LogP contribution in [0.25, 0.3) is 0 Å². The lowest BCUT2D eigenvalue weighted by Gasteiger charge is -2.09. The quantitative estimate of drug-likeness (QED) is 0.839. The topological polar surface area (TPSA) is 47.6 Å². The molecule has 0 aliphatic heterocycles. The molecule has 2 rings (SSSR count). The van der Waals surface area contributed by atoms with E-state index in [1.165, 1.54) is 6.07 Å². The third-order valence-electron chi connectivity index (χ3n) is 2.72. The smallest absolute Gasteiger partial charge is 0.387 e. The van der Waals surface area contributed by atoms with Gasteiger partial charge in [-0.05, 0) is 30.9 Å². The SMILES string of the molecule is O=C(COCC1CC1)Nc1ccc(OC(F)F)c(F)c1. The van der Waals surface area contributed by atoms with E-state index in [2.05, 4.69) is 10.1 Å². The lowest BCUT2D eigenvalue weighted by molar-refractivity contribution is -0.120. The lowest BCUT2D eigenvalue weighted by atomic mass is 10.3. The van der Waals surface area contributed by atoms with E-state index in [0.717, 1.165) is 25.0 Å². The van der Waals surface area contributed by atoms with E-state index < -0.39 is 24.1 Å². The van der Waals surface area contributed by atoms with Crippen LogP contribution >= 0.6 is 0 Å². The van der Waals surface area contributed by atoms with Gasteiger partial charge in [-0.15, -0.1) is 0 Å². The fourth-order valence-electron chi connectivity index (χ4n) is 1.57. The molecule has 0 aromatic heterocycles. The first-order chi connectivity index (χ1) is 9.54. The number of carbonyl (C=O) groups excluding carboxylic acids is 1. The van der Waals surface area contributed by atoms with Gasteiger partial charge >= 0.3 is 6.61 Å². The highest BCUT2D eigenvalue weighted by molar-refractivity contribution is 5.91. The Morgan fingerprint density at radius 1 is 1.40 bits per heavy atom. The highest BCUT2D eigenvalue weighted by Crippen LogP contribution is 2.28. The van der Waals surface area contributed by atoms with Gasteiger partial charge in [0.2, 0.25) is 5.91 Å². The number of rotatable bonds is 7. The summed E-state index contributed by atoms with van der Waals surface area (Å²) in [5.41, 5.74) is 0.157. The second-order valence-corrected chi connectivity index (χ2v) is 4.53. The Morgan fingerprint density at radius 2 is 2.15 bits per heavy atom. The van der Waals surface area contributed by atoms with E-state index in [4.69, 9.17) is 4.74 Å². The molecule has 1 N–H and O–H groups in total. The Kier molecular flexibility index (Phi) is 4.84. The Balaban J connectivity index is 1.82. The first-order valence-corrected chi connectivity index (χ1v) is 6.16. The Labute approximate surface area is 113 Å². The number of nitrogens with one attached hydrogen (secondary N) is 1. The Morgan fingerprint density at radius 3 is 2.75 bits per heavy atom. The molecule has 1 fully saturated rings. The fraction of sp³-hybridized carbons (Fsp3) is 0.462. The van der Waals surface area contributed by atoms with Gasteiger partial charge in [-0.3, -0.25) is 4.79 Å². The zero-order valence-electron chi connectivity index (χ0n) is 10.6. The second-order valence-electron chi connectivity index (χ2n) is 4.53. The number of benzene rings is 1. The molecule has 1 saturated carbocycles. The van der Waals surface area contributed by atoms with Crippen molar-refractivity contribution >= 4 is 11.6 Å². The molecule has 0 radical (unpaired) electrons. The number of ether oxygens (including phenoxy) is 2. The summed E-state index contributed by atoms with van der Waals surface area (Å²) in [5.74, 6) is -1.41. The van der Waals surface area contributed by atoms with Crippen LogP contribution in [0.4, 0.5) is 18.9 Å². The standard InChI is InChI=1S/C13H14F3NO3/c14-10-5-9(3-4-11(10)20-13(15)16)17-12(18)7-19-6-8-1-2-8/h3-5,8,13H,1-2,6-7H2,(H,17,18). The molecule has 20 heavy (non-hydrogen) atoms. The second kappa shape index (κ2) is 6.60. The van der Waals surface area contributed by atoms with Crippen LogP contribution in [0.1, 0.15) is 12.8 Å². The van der Waals surface area contributed by atoms with Crippen molar-refractivity contribution in [1.29, 1.82) is 0 Å². The van der Waals surface area contributed by atoms with Crippen LogP contribution in [-0.4, -0.2) is 25.7 Å². The van der Waals surface area contributed by atoms with Crippen LogP contribution < -0.4 is 10.1 Å². The predicted octanol–water partition coefficient (Wildman–Crippen LogP) is 2.79. The summed E-state index contributed by atoms with van der Waals surface area (Å²) in [6.45, 7) is -2.67. The molecular weight excluding hydrogens is 275 g/mol. The molecule has 1 aliphatic rings. The number of anilines is 1. The van der Waals surface area contributed by atoms with Crippen LogP contribution in [0.2, 0.25) is 0 Å². The van der Waals surface area contributed by atoms with Crippen molar-refractivity contribution < 1.29 is 27.4 Å². The molecule has 0 atom stereocenters. The Hall–Kier alpha value is -1.76. The summed E-state index contributed by atoms with van der Waals surface area (Å²) in [6, 6.07) is 3.22. The van der Waals surface area contributed by atoms with Crippen LogP contribution in [0, 0.1) is 11.7 Å². The van der Waals surface area contributed by atoms with E-state index in [1.54, 1.807) is 0 Å². The first-order valence-electron chi connectivity index (χ1n) is 6.16. The normalized spacial score (nSPS) is 14.4. The monoisotopic (exact) mass is 289 g/mol. The Bertz CT molecular complexity index is 478. The molecular formula is C13H14F3NO3. The maximum atomic E-state index is 13.4. The maximum absolute atomic E-state index is 13.4. The molecule has 1 amide bonds. The van der Waals surface area contributed by atoms with Crippen molar-refractivity contribution in [2.45, 2.75) is 19.5 Å². The van der Waals surface area contributed by atoms with Crippen molar-refractivity contribution in [2.75, 3.05) is 18.5 Å². The number of amides is 1. The van der Waals surface area contributed by atoms with Crippen LogP contribution in [0.5, 0.6) is 5.75 Å². The number of hydrogen-bond donors (Lipinski definition) is 1. The number of hydrogen-bond acceptors (Lipinski definition) is 3. The molecule has 1 aromatic rings. The van der Waals surface area contributed by atoms with Gasteiger partial charge in [0.05, 0.1) is 6.61 Å². The van der Waals surface area contributed by atoms with Gasteiger partial charge in [-0.1, -0.05) is 0 Å². The van der Waals surface area contributed by atoms with Gasteiger partial charge in [0.1, 0.15) is 6.61 Å². The van der Waals surface area contributed by atoms with Crippen LogP contribution in [-0.2, 0) is 9.53 Å². The average Bonchev–Trinajstić information content (AvgIpc) is 3.16. The van der Waals surface area contributed by atoms with Crippen molar-refractivity contribution in [1.82, 2.24) is 0 Å². The molecule has 0 spiro atoms. The van der Waals surface area contributed by atoms with Crippen molar-refractivity contribution in [3.8, 4) is 5.75 Å². The predicted molar refractivity (Wildman–Crippen MR) is 65.2 cm³/mol. The minimum atomic E-state index is -3.10. The lowest BCUT2D eigenvalue weighted by Crippen LogP contribution is -2.19. The van der Waals surface area contributed by atoms with E-state index >= 15 is 0 Å². The van der Waals surface area contributed by atoms with Gasteiger partial charge < -0.3 is 14.8 Å². The summed E-state index contributed by atoms with van der Waals surface area (Å²) < 4.78 is 46.4. The molecule has 0 unspecified atom stereocenters. The van der Waals surface area contributed by atoms with Gasteiger partial charge in [0, 0.05) is 11.8 Å². The van der Waals surface area contributed by atoms with Gasteiger partial charge in [0.15, 0.2) is 11.6 Å². The summed E-state index contributed by atoms with van der Waals surface area (Å²) in [4.78, 5) is 11.5. The first kappa shape index (κ1) is 14.6. The van der Waals surface area contributed by atoms with Gasteiger partial charge in [0.25, 0.3) is 0 Å². The minimum Gasteiger partial charge on any atom is -0.432 e. The molecule has 0 heterocycles. The molecule has 7 heteroatoms. The van der Waals surface area contributed by atoms with Crippen molar-refractivity contribution in [3.05, 3.63) is 24.0 Å². The molecule has 0 saturated heterocycles. The minimum absolute atomic E-state index is 0.118. The van der Waals surface area contributed by atoms with Crippen molar-refractivity contribution in [3.63, 3.8) is 0 Å². The van der Waals surface area contributed by atoms with Crippen molar-refractivity contribution in [2.24, 2.45) is 5.92 Å². The number of alkyl halides is 2.